The van der Waals surface area contributed by atoms with Crippen LogP contribution in [0.5, 0.6) is 23.0 Å². The second-order valence-electron chi connectivity index (χ2n) is 12.4. The molecule has 8 atom stereocenters. The lowest BCUT2D eigenvalue weighted by atomic mass is 9.62. The number of aliphatic hydroxyl groups excluding tert-OH is 2. The number of esters is 2. The van der Waals surface area contributed by atoms with Gasteiger partial charge in [0.25, 0.3) is 5.60 Å². The lowest BCUT2D eigenvalue weighted by Gasteiger charge is -2.49. The number of carbonyl (C=O) groups is 4. The molecular weight excluding hydrogens is 580 g/mol. The molecule has 2 aliphatic carbocycles. The van der Waals surface area contributed by atoms with Crippen LogP contribution in [-0.4, -0.2) is 91.3 Å². The number of rotatable bonds is 2. The number of aliphatic hydroxyl groups is 3. The summed E-state index contributed by atoms with van der Waals surface area (Å²) >= 11 is 0. The maximum Gasteiger partial charge on any atom is 0.357 e. The summed E-state index contributed by atoms with van der Waals surface area (Å²) < 4.78 is 22.4. The Hall–Kier alpha value is -4.20. The van der Waals surface area contributed by atoms with Crippen molar-refractivity contribution in [1.29, 1.82) is 0 Å². The molecule has 0 radical (unpaired) electrons. The molecule has 0 aromatic heterocycles. The van der Waals surface area contributed by atoms with Gasteiger partial charge in [-0.3, -0.25) is 9.59 Å². The molecule has 44 heavy (non-hydrogen) atoms. The summed E-state index contributed by atoms with van der Waals surface area (Å²) in [5, 5.41) is 56.4. The van der Waals surface area contributed by atoms with E-state index >= 15 is 0 Å². The van der Waals surface area contributed by atoms with E-state index in [1.807, 2.05) is 0 Å². The predicted molar refractivity (Wildman–Crippen MR) is 145 cm³/mol. The molecule has 0 unspecified atom stereocenters. The van der Waals surface area contributed by atoms with Crippen LogP contribution >= 0.6 is 0 Å². The zero-order valence-corrected chi connectivity index (χ0v) is 23.9. The molecule has 3 heterocycles. The second kappa shape index (κ2) is 8.93. The number of phenolic OH excluding ortho intramolecular Hbond substituents is 2. The van der Waals surface area contributed by atoms with Crippen molar-refractivity contribution >= 4 is 23.5 Å². The summed E-state index contributed by atoms with van der Waals surface area (Å²) in [4.78, 5) is 54.2. The van der Waals surface area contributed by atoms with Crippen molar-refractivity contribution in [3.63, 3.8) is 0 Å². The minimum atomic E-state index is -2.66. The normalized spacial score (nSPS) is 36.6. The summed E-state index contributed by atoms with van der Waals surface area (Å²) in [5.74, 6) is -7.40. The zero-order chi connectivity index (χ0) is 31.7. The molecule has 2 aromatic rings. The van der Waals surface area contributed by atoms with Crippen LogP contribution < -0.4 is 9.47 Å². The molecule has 0 spiro atoms. The van der Waals surface area contributed by atoms with Crippen LogP contribution in [0.2, 0.25) is 0 Å². The summed E-state index contributed by atoms with van der Waals surface area (Å²) in [6, 6.07) is 3.83. The number of fused-ring (bicyclic) bond motifs is 3. The maximum absolute atomic E-state index is 14.1. The highest BCUT2D eigenvalue weighted by molar-refractivity contribution is 6.16. The van der Waals surface area contributed by atoms with Crippen molar-refractivity contribution < 1.29 is 63.7 Å². The van der Waals surface area contributed by atoms with Gasteiger partial charge in [0.05, 0.1) is 13.0 Å². The highest BCUT2D eigenvalue weighted by Crippen LogP contribution is 2.59. The third-order valence-electron chi connectivity index (χ3n) is 10.2. The molecule has 2 aromatic carbocycles. The monoisotopic (exact) mass is 610 g/mol. The largest absolute Gasteiger partial charge is 0.507 e. The molecule has 2 saturated carbocycles. The fourth-order valence-corrected chi connectivity index (χ4v) is 7.98. The van der Waals surface area contributed by atoms with Gasteiger partial charge in [0.2, 0.25) is 17.0 Å². The first kappa shape index (κ1) is 28.6. The van der Waals surface area contributed by atoms with E-state index in [1.165, 1.54) is 25.1 Å². The minimum absolute atomic E-state index is 0.0126. The van der Waals surface area contributed by atoms with E-state index in [9.17, 15) is 44.7 Å². The fraction of sp³-hybridized carbons (Fsp3) is 0.484. The summed E-state index contributed by atoms with van der Waals surface area (Å²) in [6.45, 7) is 3.15. The van der Waals surface area contributed by atoms with Gasteiger partial charge in [-0.2, -0.15) is 0 Å². The SMILES string of the molecule is COC(=O)[C@@]12Oc3c(c(O)cc(C)c3-c3ccc4c(c3O)C(=O)[C@]3(O)[C@@H]5C[C@@H](C)[C@@H](O)[C@@]3(O4)C(=O)O5)C(=O)[C@@H]1CCC[C@@H]2O. The molecule has 3 aliphatic heterocycles. The van der Waals surface area contributed by atoms with Gasteiger partial charge in [0.15, 0.2) is 5.78 Å². The molecule has 13 heteroatoms. The quantitative estimate of drug-likeness (QED) is 0.302. The van der Waals surface area contributed by atoms with Crippen LogP contribution in [0.3, 0.4) is 0 Å². The van der Waals surface area contributed by atoms with Crippen LogP contribution in [0, 0.1) is 18.8 Å². The minimum Gasteiger partial charge on any atom is -0.507 e. The van der Waals surface area contributed by atoms with Crippen molar-refractivity contribution in [2.24, 2.45) is 11.8 Å². The number of hydrogen-bond acceptors (Lipinski definition) is 13. The first-order valence-corrected chi connectivity index (χ1v) is 14.3. The van der Waals surface area contributed by atoms with Crippen LogP contribution in [0.4, 0.5) is 0 Å². The Bertz CT molecular complexity index is 1700. The van der Waals surface area contributed by atoms with Gasteiger partial charge in [-0.25, -0.2) is 9.59 Å². The van der Waals surface area contributed by atoms with Crippen molar-refractivity contribution in [3.8, 4) is 34.1 Å². The lowest BCUT2D eigenvalue weighted by Crippen LogP contribution is -2.76. The molecule has 232 valence electrons. The lowest BCUT2D eigenvalue weighted by molar-refractivity contribution is -0.192. The summed E-state index contributed by atoms with van der Waals surface area (Å²) in [6.07, 6.45) is -3.73. The Morgan fingerprint density at radius 3 is 2.48 bits per heavy atom. The first-order chi connectivity index (χ1) is 20.8. The van der Waals surface area contributed by atoms with E-state index in [4.69, 9.17) is 18.9 Å². The molecule has 5 aliphatic rings. The predicted octanol–water partition coefficient (Wildman–Crippen LogP) is 1.09. The van der Waals surface area contributed by atoms with Crippen LogP contribution in [0.25, 0.3) is 11.1 Å². The third-order valence-corrected chi connectivity index (χ3v) is 10.2. The number of benzene rings is 2. The van der Waals surface area contributed by atoms with E-state index in [-0.39, 0.29) is 53.0 Å². The van der Waals surface area contributed by atoms with Gasteiger partial charge in [-0.05, 0) is 62.3 Å². The van der Waals surface area contributed by atoms with Crippen molar-refractivity contribution in [1.82, 2.24) is 0 Å². The molecule has 1 saturated heterocycles. The van der Waals surface area contributed by atoms with Crippen LogP contribution in [0.15, 0.2) is 18.2 Å². The van der Waals surface area contributed by atoms with Gasteiger partial charge in [-0.15, -0.1) is 0 Å². The third kappa shape index (κ3) is 3.04. The zero-order valence-electron chi connectivity index (χ0n) is 23.9. The van der Waals surface area contributed by atoms with E-state index in [1.54, 1.807) is 6.92 Å². The number of Topliss-reactive ketones (excluding diaryl/α,β-unsaturated/α-hetero) is 2. The van der Waals surface area contributed by atoms with Gasteiger partial charge < -0.3 is 44.5 Å². The number of aryl methyl sites for hydroxylation is 1. The molecular formula is C31H30O13. The Kier molecular flexibility index (Phi) is 5.80. The summed E-state index contributed by atoms with van der Waals surface area (Å²) in [7, 11) is 1.09. The maximum atomic E-state index is 14.1. The van der Waals surface area contributed by atoms with Crippen molar-refractivity contribution in [2.45, 2.75) is 74.6 Å². The van der Waals surface area contributed by atoms with E-state index in [0.717, 1.165) is 7.11 Å². The van der Waals surface area contributed by atoms with E-state index in [0.29, 0.717) is 6.42 Å². The Balaban J connectivity index is 1.45. The van der Waals surface area contributed by atoms with E-state index in [2.05, 4.69) is 0 Å². The molecule has 13 nitrogen and oxygen atoms in total. The molecule has 3 fully saturated rings. The molecule has 7 rings (SSSR count). The van der Waals surface area contributed by atoms with Gasteiger partial charge in [-0.1, -0.05) is 6.92 Å². The average Bonchev–Trinajstić information content (AvgIpc) is 3.14. The number of methoxy groups -OCH3 is 1. The standard InChI is InChI=1S/C31H30O13/c1-11-9-15(32)20-23(35)14-5-4-6-17(33)29(14,27(38)41-3)44-24(20)19(11)13-7-8-16-21(22(13)34)26(37)30(40)18-10-12(2)25(36)31(30,43-16)28(39)42-18/h7-9,12,14,17-18,25,32-34,36,40H,4-6,10H2,1-3H3/t12-,14+,17+,18+,25-,29-,30-,31-/m1/s1. The van der Waals surface area contributed by atoms with Gasteiger partial charge >= 0.3 is 11.9 Å². The fourth-order valence-electron chi connectivity index (χ4n) is 7.98. The smallest absolute Gasteiger partial charge is 0.357 e. The number of phenols is 2. The van der Waals surface area contributed by atoms with Crippen LogP contribution in [-0.2, 0) is 19.1 Å². The Morgan fingerprint density at radius 1 is 1.05 bits per heavy atom. The topological polar surface area (TPSA) is 206 Å². The second-order valence-corrected chi connectivity index (χ2v) is 12.4. The highest BCUT2D eigenvalue weighted by atomic mass is 16.6. The Morgan fingerprint density at radius 2 is 1.77 bits per heavy atom. The van der Waals surface area contributed by atoms with Crippen molar-refractivity contribution in [2.75, 3.05) is 7.11 Å². The number of carbonyl (C=O) groups excluding carboxylic acids is 4. The Labute approximate surface area is 249 Å². The number of ether oxygens (including phenoxy) is 4. The number of ketones is 2. The highest BCUT2D eigenvalue weighted by Gasteiger charge is 2.81. The average molecular weight is 611 g/mol. The van der Waals surface area contributed by atoms with Gasteiger partial charge in [0, 0.05) is 11.1 Å². The summed E-state index contributed by atoms with van der Waals surface area (Å²) in [5.41, 5.74) is -7.86. The number of hydrogen-bond donors (Lipinski definition) is 5. The molecule has 0 amide bonds. The first-order valence-electron chi connectivity index (χ1n) is 14.3. The molecule has 5 N–H and O–H groups in total. The van der Waals surface area contributed by atoms with Gasteiger partial charge in [0.1, 0.15) is 52.4 Å². The number of aromatic hydroxyl groups is 2. The van der Waals surface area contributed by atoms with Crippen LogP contribution in [0.1, 0.15) is 58.9 Å². The van der Waals surface area contributed by atoms with Crippen molar-refractivity contribution in [3.05, 3.63) is 34.9 Å². The van der Waals surface area contributed by atoms with E-state index < -0.39 is 87.5 Å². The molecule has 2 bridgehead atoms.